The highest BCUT2D eigenvalue weighted by molar-refractivity contribution is 7.89. The molecule has 0 saturated carbocycles. The Morgan fingerprint density at radius 3 is 2.89 bits per heavy atom. The summed E-state index contributed by atoms with van der Waals surface area (Å²) in [6.45, 7) is 3.38. The number of nitrogens with zero attached hydrogens (tertiary/aromatic N) is 2. The van der Waals surface area contributed by atoms with Gasteiger partial charge in [0.15, 0.2) is 0 Å². The molecule has 1 atom stereocenters. The van der Waals surface area contributed by atoms with Crippen LogP contribution in [0.2, 0.25) is 0 Å². The van der Waals surface area contributed by atoms with Crippen LogP contribution in [0.15, 0.2) is 23.2 Å². The fourth-order valence-electron chi connectivity index (χ4n) is 2.40. The maximum atomic E-state index is 12.7. The molecule has 1 unspecified atom stereocenters. The molecular formula is C13H21N3O2S. The zero-order valence-corrected chi connectivity index (χ0v) is 12.3. The van der Waals surface area contributed by atoms with E-state index in [4.69, 9.17) is 0 Å². The van der Waals surface area contributed by atoms with Crippen molar-refractivity contribution in [1.29, 1.82) is 0 Å². The number of hydrogen-bond acceptors (Lipinski definition) is 4. The number of hydrogen-bond donors (Lipinski definition) is 1. The van der Waals surface area contributed by atoms with Gasteiger partial charge in [0, 0.05) is 26.3 Å². The van der Waals surface area contributed by atoms with Gasteiger partial charge < -0.3 is 5.32 Å². The van der Waals surface area contributed by atoms with E-state index in [1.807, 2.05) is 0 Å². The third-order valence-electron chi connectivity index (χ3n) is 3.60. The van der Waals surface area contributed by atoms with Gasteiger partial charge in [0.2, 0.25) is 10.0 Å². The molecule has 0 radical (unpaired) electrons. The highest BCUT2D eigenvalue weighted by Crippen LogP contribution is 2.25. The van der Waals surface area contributed by atoms with E-state index in [9.17, 15) is 8.42 Å². The van der Waals surface area contributed by atoms with Crippen molar-refractivity contribution in [3.63, 3.8) is 0 Å². The SMILES string of the molecule is CNc1ncccc1S(=O)(=O)N1CCCC(C)CC1. The van der Waals surface area contributed by atoms with E-state index in [0.717, 1.165) is 19.3 Å². The molecule has 1 aromatic rings. The van der Waals surface area contributed by atoms with Crippen molar-refractivity contribution in [2.75, 3.05) is 25.5 Å². The van der Waals surface area contributed by atoms with Gasteiger partial charge in [-0.25, -0.2) is 13.4 Å². The molecule has 0 bridgehead atoms. The van der Waals surface area contributed by atoms with Crippen LogP contribution in [0, 0.1) is 5.92 Å². The largest absolute Gasteiger partial charge is 0.372 e. The van der Waals surface area contributed by atoms with Gasteiger partial charge in [0.05, 0.1) is 0 Å². The fourth-order valence-corrected chi connectivity index (χ4v) is 4.05. The summed E-state index contributed by atoms with van der Waals surface area (Å²) < 4.78 is 26.9. The lowest BCUT2D eigenvalue weighted by atomic mass is 10.0. The van der Waals surface area contributed by atoms with Gasteiger partial charge in [-0.1, -0.05) is 6.92 Å². The summed E-state index contributed by atoms with van der Waals surface area (Å²) in [6.07, 6.45) is 4.54. The van der Waals surface area contributed by atoms with Crippen molar-refractivity contribution in [1.82, 2.24) is 9.29 Å². The van der Waals surface area contributed by atoms with Crippen LogP contribution < -0.4 is 5.32 Å². The topological polar surface area (TPSA) is 62.3 Å². The van der Waals surface area contributed by atoms with E-state index in [0.29, 0.717) is 24.8 Å². The predicted molar refractivity (Wildman–Crippen MR) is 75.6 cm³/mol. The van der Waals surface area contributed by atoms with E-state index < -0.39 is 10.0 Å². The monoisotopic (exact) mass is 283 g/mol. The van der Waals surface area contributed by atoms with Crippen LogP contribution in [-0.2, 0) is 10.0 Å². The lowest BCUT2D eigenvalue weighted by Gasteiger charge is -2.21. The van der Waals surface area contributed by atoms with Crippen molar-refractivity contribution in [3.8, 4) is 0 Å². The normalized spacial score (nSPS) is 21.9. The first-order valence-corrected chi connectivity index (χ1v) is 8.12. The Labute approximate surface area is 115 Å². The average Bonchev–Trinajstić information content (AvgIpc) is 2.64. The first-order valence-electron chi connectivity index (χ1n) is 6.68. The van der Waals surface area contributed by atoms with Crippen LogP contribution in [0.25, 0.3) is 0 Å². The molecule has 2 rings (SSSR count). The molecule has 106 valence electrons. The summed E-state index contributed by atoms with van der Waals surface area (Å²) in [5, 5.41) is 2.85. The van der Waals surface area contributed by atoms with Crippen molar-refractivity contribution >= 4 is 15.8 Å². The Morgan fingerprint density at radius 2 is 2.16 bits per heavy atom. The third-order valence-corrected chi connectivity index (χ3v) is 5.53. The number of anilines is 1. The Morgan fingerprint density at radius 1 is 1.37 bits per heavy atom. The Balaban J connectivity index is 2.31. The lowest BCUT2D eigenvalue weighted by Crippen LogP contribution is -2.32. The number of pyridine rings is 1. The van der Waals surface area contributed by atoms with Gasteiger partial charge in [-0.3, -0.25) is 0 Å². The predicted octanol–water partition coefficient (Wildman–Crippen LogP) is 1.93. The van der Waals surface area contributed by atoms with Crippen LogP contribution >= 0.6 is 0 Å². The van der Waals surface area contributed by atoms with E-state index in [1.165, 1.54) is 0 Å². The molecule has 0 spiro atoms. The molecule has 5 nitrogen and oxygen atoms in total. The first kappa shape index (κ1) is 14.3. The molecule has 0 aliphatic carbocycles. The van der Waals surface area contributed by atoms with E-state index in [-0.39, 0.29) is 4.90 Å². The van der Waals surface area contributed by atoms with Gasteiger partial charge >= 0.3 is 0 Å². The second kappa shape index (κ2) is 5.88. The smallest absolute Gasteiger partial charge is 0.246 e. The minimum absolute atomic E-state index is 0.270. The summed E-state index contributed by atoms with van der Waals surface area (Å²) in [4.78, 5) is 4.35. The van der Waals surface area contributed by atoms with Crippen molar-refractivity contribution in [2.45, 2.75) is 31.1 Å². The minimum Gasteiger partial charge on any atom is -0.372 e. The Kier molecular flexibility index (Phi) is 4.42. The van der Waals surface area contributed by atoms with Crippen molar-refractivity contribution in [2.24, 2.45) is 5.92 Å². The molecule has 1 fully saturated rings. The highest BCUT2D eigenvalue weighted by atomic mass is 32.2. The standard InChI is InChI=1S/C13H21N3O2S/c1-11-5-4-9-16(10-7-11)19(17,18)12-6-3-8-15-13(12)14-2/h3,6,8,11H,4-5,7,9-10H2,1-2H3,(H,14,15). The molecule has 1 aliphatic heterocycles. The molecule has 1 aliphatic rings. The number of nitrogens with one attached hydrogen (secondary N) is 1. The second-order valence-electron chi connectivity index (χ2n) is 5.04. The fraction of sp³-hybridized carbons (Fsp3) is 0.615. The van der Waals surface area contributed by atoms with Crippen LogP contribution in [0.5, 0.6) is 0 Å². The highest BCUT2D eigenvalue weighted by Gasteiger charge is 2.28. The Bertz CT molecular complexity index is 530. The van der Waals surface area contributed by atoms with Gasteiger partial charge in [0.1, 0.15) is 10.7 Å². The molecule has 1 aromatic heterocycles. The van der Waals surface area contributed by atoms with Gasteiger partial charge in [-0.2, -0.15) is 4.31 Å². The zero-order chi connectivity index (χ0) is 13.9. The van der Waals surface area contributed by atoms with Gasteiger partial charge in [-0.05, 0) is 37.3 Å². The maximum absolute atomic E-state index is 12.7. The quantitative estimate of drug-likeness (QED) is 0.921. The van der Waals surface area contributed by atoms with Crippen LogP contribution in [-0.4, -0.2) is 37.8 Å². The summed E-state index contributed by atoms with van der Waals surface area (Å²) in [6, 6.07) is 3.27. The molecule has 0 aromatic carbocycles. The molecule has 6 heteroatoms. The zero-order valence-electron chi connectivity index (χ0n) is 11.5. The van der Waals surface area contributed by atoms with E-state index >= 15 is 0 Å². The number of aromatic nitrogens is 1. The van der Waals surface area contributed by atoms with Gasteiger partial charge in [0.25, 0.3) is 0 Å². The third kappa shape index (κ3) is 3.06. The Hall–Kier alpha value is -1.14. The first-order chi connectivity index (χ1) is 9.05. The minimum atomic E-state index is -3.44. The summed E-state index contributed by atoms with van der Waals surface area (Å²) in [5.41, 5.74) is 0. The summed E-state index contributed by atoms with van der Waals surface area (Å²) in [7, 11) is -1.76. The van der Waals surface area contributed by atoms with Crippen LogP contribution in [0.3, 0.4) is 0 Å². The van der Waals surface area contributed by atoms with Crippen molar-refractivity contribution < 1.29 is 8.42 Å². The molecule has 1 saturated heterocycles. The van der Waals surface area contributed by atoms with Crippen molar-refractivity contribution in [3.05, 3.63) is 18.3 Å². The van der Waals surface area contributed by atoms with Gasteiger partial charge in [-0.15, -0.1) is 0 Å². The summed E-state index contributed by atoms with van der Waals surface area (Å²) in [5.74, 6) is 1.01. The number of sulfonamides is 1. The molecule has 2 heterocycles. The lowest BCUT2D eigenvalue weighted by molar-refractivity contribution is 0.417. The molecular weight excluding hydrogens is 262 g/mol. The molecule has 0 amide bonds. The van der Waals surface area contributed by atoms with Crippen LogP contribution in [0.1, 0.15) is 26.2 Å². The average molecular weight is 283 g/mol. The van der Waals surface area contributed by atoms with Crippen LogP contribution in [0.4, 0.5) is 5.82 Å². The second-order valence-corrected chi connectivity index (χ2v) is 6.95. The maximum Gasteiger partial charge on any atom is 0.246 e. The summed E-state index contributed by atoms with van der Waals surface area (Å²) >= 11 is 0. The molecule has 1 N–H and O–H groups in total. The number of rotatable bonds is 3. The van der Waals surface area contributed by atoms with E-state index in [1.54, 1.807) is 29.7 Å². The molecule has 19 heavy (non-hydrogen) atoms. The van der Waals surface area contributed by atoms with E-state index in [2.05, 4.69) is 17.2 Å².